The van der Waals surface area contributed by atoms with Crippen LogP contribution in [0, 0.1) is 5.82 Å². The molecule has 3 aromatic rings. The van der Waals surface area contributed by atoms with Crippen molar-refractivity contribution in [3.63, 3.8) is 0 Å². The maximum atomic E-state index is 13.8. The van der Waals surface area contributed by atoms with E-state index in [2.05, 4.69) is 15.5 Å². The van der Waals surface area contributed by atoms with Gasteiger partial charge in [0.15, 0.2) is 0 Å². The number of carbonyl (C=O) groups is 3. The van der Waals surface area contributed by atoms with Gasteiger partial charge in [0.2, 0.25) is 5.91 Å². The van der Waals surface area contributed by atoms with E-state index in [1.165, 1.54) is 31.4 Å². The molecular formula is C31H35FN4O6. The number of nitrogens with zero attached hydrogens (tertiary/aromatic N) is 2. The number of urea groups is 1. The molecule has 1 saturated heterocycles. The number of likely N-dealkylation sites (N-methyl/N-ethyl adjacent to an activating group) is 1. The van der Waals surface area contributed by atoms with Crippen LogP contribution in [0.5, 0.6) is 11.5 Å². The predicted molar refractivity (Wildman–Crippen MR) is 158 cm³/mol. The molecule has 1 fully saturated rings. The summed E-state index contributed by atoms with van der Waals surface area (Å²) >= 11 is 0. The zero-order chi connectivity index (χ0) is 30.1. The van der Waals surface area contributed by atoms with Crippen LogP contribution in [-0.2, 0) is 11.2 Å². The van der Waals surface area contributed by atoms with Gasteiger partial charge >= 0.3 is 12.0 Å². The largest absolute Gasteiger partial charge is 0.495 e. The number of anilines is 3. The summed E-state index contributed by atoms with van der Waals surface area (Å²) in [6, 6.07) is 15.0. The van der Waals surface area contributed by atoms with Crippen molar-refractivity contribution in [2.24, 2.45) is 0 Å². The lowest BCUT2D eigenvalue weighted by atomic mass is 10.1. The number of aromatic carboxylic acids is 1. The number of amides is 3. The molecule has 0 saturated carbocycles. The van der Waals surface area contributed by atoms with Crippen LogP contribution in [0.2, 0.25) is 0 Å². The molecule has 11 heteroatoms. The van der Waals surface area contributed by atoms with Gasteiger partial charge in [-0.25, -0.2) is 14.0 Å². The van der Waals surface area contributed by atoms with E-state index < -0.39 is 17.8 Å². The van der Waals surface area contributed by atoms with Gasteiger partial charge < -0.3 is 35.0 Å². The van der Waals surface area contributed by atoms with Crippen LogP contribution in [0.1, 0.15) is 35.2 Å². The van der Waals surface area contributed by atoms with Gasteiger partial charge in [-0.05, 0) is 67.3 Å². The van der Waals surface area contributed by atoms with Gasteiger partial charge in [-0.3, -0.25) is 4.79 Å². The molecule has 0 aromatic heterocycles. The Bertz CT molecular complexity index is 1430. The molecule has 1 aliphatic rings. The van der Waals surface area contributed by atoms with Gasteiger partial charge in [-0.15, -0.1) is 0 Å². The monoisotopic (exact) mass is 578 g/mol. The highest BCUT2D eigenvalue weighted by molar-refractivity contribution is 6.00. The van der Waals surface area contributed by atoms with Gasteiger partial charge in [-0.1, -0.05) is 18.2 Å². The Labute approximate surface area is 244 Å². The van der Waals surface area contributed by atoms with E-state index in [0.29, 0.717) is 29.3 Å². The fourth-order valence-electron chi connectivity index (χ4n) is 4.67. The molecule has 42 heavy (non-hydrogen) atoms. The first-order valence-corrected chi connectivity index (χ1v) is 13.7. The number of hydrogen-bond acceptors (Lipinski definition) is 6. The van der Waals surface area contributed by atoms with Gasteiger partial charge in [-0.2, -0.15) is 0 Å². The van der Waals surface area contributed by atoms with Gasteiger partial charge in [0, 0.05) is 20.1 Å². The highest BCUT2D eigenvalue weighted by Gasteiger charge is 2.19. The summed E-state index contributed by atoms with van der Waals surface area (Å²) in [5.41, 5.74) is 2.05. The summed E-state index contributed by atoms with van der Waals surface area (Å²) < 4.78 is 25.3. The van der Waals surface area contributed by atoms with E-state index >= 15 is 0 Å². The van der Waals surface area contributed by atoms with Crippen molar-refractivity contribution in [1.82, 2.24) is 4.90 Å². The van der Waals surface area contributed by atoms with E-state index in [1.54, 1.807) is 48.3 Å². The molecule has 3 aromatic carbocycles. The number of rotatable bonds is 11. The topological polar surface area (TPSA) is 120 Å². The average molecular weight is 579 g/mol. The molecule has 0 bridgehead atoms. The molecule has 0 unspecified atom stereocenters. The maximum absolute atomic E-state index is 13.8. The Balaban J connectivity index is 1.32. The molecule has 3 amide bonds. The number of benzene rings is 3. The lowest BCUT2D eigenvalue weighted by Crippen LogP contribution is -2.33. The number of carboxylic acid groups (broad SMARTS) is 1. The molecule has 0 spiro atoms. The Morgan fingerprint density at radius 1 is 0.952 bits per heavy atom. The number of ether oxygens (including phenoxy) is 2. The minimum Gasteiger partial charge on any atom is -0.495 e. The van der Waals surface area contributed by atoms with Crippen molar-refractivity contribution in [3.8, 4) is 11.5 Å². The second-order valence-electron chi connectivity index (χ2n) is 9.97. The Morgan fingerprint density at radius 3 is 2.40 bits per heavy atom. The summed E-state index contributed by atoms with van der Waals surface area (Å²) in [5, 5.41) is 14.5. The number of piperidine rings is 1. The summed E-state index contributed by atoms with van der Waals surface area (Å²) in [6.45, 7) is 2.24. The van der Waals surface area contributed by atoms with Crippen molar-refractivity contribution >= 4 is 35.0 Å². The Hall–Kier alpha value is -4.80. The van der Waals surface area contributed by atoms with Gasteiger partial charge in [0.05, 0.1) is 42.7 Å². The zero-order valence-electron chi connectivity index (χ0n) is 23.7. The first-order valence-electron chi connectivity index (χ1n) is 13.7. The van der Waals surface area contributed by atoms with Crippen molar-refractivity contribution in [1.29, 1.82) is 0 Å². The van der Waals surface area contributed by atoms with Crippen LogP contribution in [-0.4, -0.2) is 68.3 Å². The van der Waals surface area contributed by atoms with Crippen LogP contribution in [0.3, 0.4) is 0 Å². The van der Waals surface area contributed by atoms with Crippen LogP contribution >= 0.6 is 0 Å². The predicted octanol–water partition coefficient (Wildman–Crippen LogP) is 5.25. The molecule has 0 aliphatic carbocycles. The molecule has 4 rings (SSSR count). The number of carboxylic acids is 1. The fourth-order valence-corrected chi connectivity index (χ4v) is 4.67. The number of carbonyl (C=O) groups excluding carboxylic acids is 2. The van der Waals surface area contributed by atoms with Crippen LogP contribution in [0.4, 0.5) is 26.2 Å². The van der Waals surface area contributed by atoms with Crippen molar-refractivity contribution in [3.05, 3.63) is 77.6 Å². The number of para-hydroxylation sites is 1. The molecular weight excluding hydrogens is 543 g/mol. The molecule has 222 valence electrons. The van der Waals surface area contributed by atoms with Gasteiger partial charge in [0.1, 0.15) is 23.9 Å². The first kappa shape index (κ1) is 30.2. The normalized spacial score (nSPS) is 12.8. The number of nitrogens with one attached hydrogen (secondary N) is 2. The van der Waals surface area contributed by atoms with E-state index in [4.69, 9.17) is 9.47 Å². The maximum Gasteiger partial charge on any atom is 0.335 e. The summed E-state index contributed by atoms with van der Waals surface area (Å²) in [5.74, 6) is -0.742. The second-order valence-corrected chi connectivity index (χ2v) is 9.97. The van der Waals surface area contributed by atoms with E-state index in [0.717, 1.165) is 38.0 Å². The van der Waals surface area contributed by atoms with Crippen molar-refractivity contribution in [2.45, 2.75) is 25.7 Å². The fraction of sp³-hybridized carbons (Fsp3) is 0.323. The van der Waals surface area contributed by atoms with Gasteiger partial charge in [0.25, 0.3) is 0 Å². The van der Waals surface area contributed by atoms with Crippen molar-refractivity contribution in [2.75, 3.05) is 55.9 Å². The molecule has 0 radical (unpaired) electrons. The van der Waals surface area contributed by atoms with Crippen LogP contribution < -0.4 is 25.0 Å². The van der Waals surface area contributed by atoms with E-state index in [9.17, 15) is 23.9 Å². The first-order chi connectivity index (χ1) is 20.2. The third kappa shape index (κ3) is 7.90. The minimum atomic E-state index is -0.989. The summed E-state index contributed by atoms with van der Waals surface area (Å²) in [7, 11) is 3.14. The SMILES string of the molecule is COc1cc(CC(=O)N(C)CCOc2ccc(C(=O)O)cc2N2CCCCC2)ccc1NC(=O)Nc1ccccc1F. The lowest BCUT2D eigenvalue weighted by molar-refractivity contribution is -0.129. The molecule has 1 heterocycles. The van der Waals surface area contributed by atoms with Crippen LogP contribution in [0.15, 0.2) is 60.7 Å². The molecule has 10 nitrogen and oxygen atoms in total. The number of hydrogen-bond donors (Lipinski definition) is 3. The number of methoxy groups -OCH3 is 1. The smallest absolute Gasteiger partial charge is 0.335 e. The van der Waals surface area contributed by atoms with Crippen LogP contribution in [0.25, 0.3) is 0 Å². The third-order valence-corrected chi connectivity index (χ3v) is 7.00. The highest BCUT2D eigenvalue weighted by atomic mass is 19.1. The molecule has 1 aliphatic heterocycles. The summed E-state index contributed by atoms with van der Waals surface area (Å²) in [6.07, 6.45) is 3.32. The van der Waals surface area contributed by atoms with E-state index in [-0.39, 0.29) is 30.2 Å². The average Bonchev–Trinajstić information content (AvgIpc) is 2.99. The Morgan fingerprint density at radius 2 is 1.69 bits per heavy atom. The minimum absolute atomic E-state index is 0.0446. The molecule has 3 N–H and O–H groups in total. The molecule has 0 atom stereocenters. The lowest BCUT2D eigenvalue weighted by Gasteiger charge is -2.30. The Kier molecular flexibility index (Phi) is 10.2. The second kappa shape index (κ2) is 14.2. The van der Waals surface area contributed by atoms with Crippen molar-refractivity contribution < 1.29 is 33.4 Å². The quantitative estimate of drug-likeness (QED) is 0.284. The third-order valence-electron chi connectivity index (χ3n) is 7.00. The number of halogens is 1. The highest BCUT2D eigenvalue weighted by Crippen LogP contribution is 2.32. The zero-order valence-corrected chi connectivity index (χ0v) is 23.7. The standard InChI is InChI=1S/C31H35FN4O6/c1-35(16-17-42-27-13-11-22(30(38)39)20-26(27)36-14-6-3-7-15-36)29(37)19-21-10-12-25(28(18-21)41-2)34-31(40)33-24-9-5-4-8-23(24)32/h4-5,8-13,18,20H,3,6-7,14-17,19H2,1-2H3,(H,38,39)(H2,33,34,40). The summed E-state index contributed by atoms with van der Waals surface area (Å²) in [4.78, 5) is 40.5. The van der Waals surface area contributed by atoms with E-state index in [1.807, 2.05) is 0 Å².